The molecule has 88 valence electrons. The lowest BCUT2D eigenvalue weighted by molar-refractivity contribution is 0.314. The van der Waals surface area contributed by atoms with Crippen LogP contribution in [-0.2, 0) is 0 Å². The van der Waals surface area contributed by atoms with Gasteiger partial charge in [-0.25, -0.2) is 4.39 Å². The topological polar surface area (TPSA) is 70.6 Å². The second-order valence-electron chi connectivity index (χ2n) is 3.69. The molecule has 4 N–H and O–H groups in total. The van der Waals surface area contributed by atoms with Gasteiger partial charge in [0.15, 0.2) is 5.84 Å². The normalized spacial score (nSPS) is 15.8. The van der Waals surface area contributed by atoms with E-state index in [0.29, 0.717) is 0 Å². The first-order valence-corrected chi connectivity index (χ1v) is 5.03. The van der Waals surface area contributed by atoms with Gasteiger partial charge in [0.25, 0.3) is 0 Å². The molecule has 16 heavy (non-hydrogen) atoms. The smallest absolute Gasteiger partial charge is 0.156 e. The van der Waals surface area contributed by atoms with Crippen LogP contribution in [-0.4, -0.2) is 17.1 Å². The molecule has 0 aliphatic carbocycles. The van der Waals surface area contributed by atoms with Gasteiger partial charge in [0.2, 0.25) is 0 Å². The predicted molar refractivity (Wildman–Crippen MR) is 60.8 cm³/mol. The van der Waals surface area contributed by atoms with Crippen LogP contribution in [0.4, 0.5) is 4.39 Å². The number of amidine groups is 1. The quantitative estimate of drug-likeness (QED) is 0.315. The average Bonchev–Trinajstić information content (AvgIpc) is 2.28. The van der Waals surface area contributed by atoms with E-state index in [2.05, 4.69) is 10.5 Å². The average molecular weight is 225 g/mol. The van der Waals surface area contributed by atoms with Gasteiger partial charge < -0.3 is 16.3 Å². The Morgan fingerprint density at radius 1 is 1.38 bits per heavy atom. The molecule has 0 aliphatic heterocycles. The first-order chi connectivity index (χ1) is 7.54. The highest BCUT2D eigenvalue weighted by molar-refractivity contribution is 5.84. The minimum atomic E-state index is -0.263. The van der Waals surface area contributed by atoms with Gasteiger partial charge in [-0.05, 0) is 31.5 Å². The fourth-order valence-corrected chi connectivity index (χ4v) is 1.39. The molecule has 0 fully saturated rings. The number of rotatable bonds is 4. The minimum absolute atomic E-state index is 0.00380. The SMILES string of the molecule is CC(NC(C)c1ccc(F)cc1)C(N)=NO. The summed E-state index contributed by atoms with van der Waals surface area (Å²) >= 11 is 0. The first kappa shape index (κ1) is 12.4. The van der Waals surface area contributed by atoms with Crippen LogP contribution in [0.1, 0.15) is 25.5 Å². The van der Waals surface area contributed by atoms with E-state index in [1.165, 1.54) is 12.1 Å². The maximum atomic E-state index is 12.7. The van der Waals surface area contributed by atoms with E-state index >= 15 is 0 Å². The highest BCUT2D eigenvalue weighted by Crippen LogP contribution is 2.13. The molecule has 0 saturated carbocycles. The number of hydrogen-bond donors (Lipinski definition) is 3. The van der Waals surface area contributed by atoms with E-state index in [1.807, 2.05) is 6.92 Å². The highest BCUT2D eigenvalue weighted by atomic mass is 19.1. The van der Waals surface area contributed by atoms with Crippen LogP contribution in [0.25, 0.3) is 0 Å². The van der Waals surface area contributed by atoms with Gasteiger partial charge >= 0.3 is 0 Å². The molecule has 0 amide bonds. The number of benzene rings is 1. The van der Waals surface area contributed by atoms with E-state index in [4.69, 9.17) is 10.9 Å². The zero-order valence-electron chi connectivity index (χ0n) is 9.31. The van der Waals surface area contributed by atoms with Crippen molar-refractivity contribution in [2.45, 2.75) is 25.9 Å². The van der Waals surface area contributed by atoms with Gasteiger partial charge in [-0.1, -0.05) is 17.3 Å². The second-order valence-corrected chi connectivity index (χ2v) is 3.69. The van der Waals surface area contributed by atoms with Crippen molar-refractivity contribution in [1.82, 2.24) is 5.32 Å². The molecule has 1 rings (SSSR count). The summed E-state index contributed by atoms with van der Waals surface area (Å²) in [4.78, 5) is 0. The zero-order valence-corrected chi connectivity index (χ0v) is 9.31. The van der Waals surface area contributed by atoms with Gasteiger partial charge in [-0.3, -0.25) is 0 Å². The molecule has 5 heteroatoms. The van der Waals surface area contributed by atoms with Gasteiger partial charge in [0.1, 0.15) is 5.82 Å². The number of hydrogen-bond acceptors (Lipinski definition) is 3. The summed E-state index contributed by atoms with van der Waals surface area (Å²) in [6.45, 7) is 3.71. The van der Waals surface area contributed by atoms with Crippen LogP contribution in [0, 0.1) is 5.82 Å². The molecule has 4 nitrogen and oxygen atoms in total. The van der Waals surface area contributed by atoms with Crippen molar-refractivity contribution in [1.29, 1.82) is 0 Å². The molecular formula is C11H16FN3O. The Balaban J connectivity index is 2.65. The van der Waals surface area contributed by atoms with E-state index in [1.54, 1.807) is 19.1 Å². The lowest BCUT2D eigenvalue weighted by Crippen LogP contribution is -2.40. The third-order valence-electron chi connectivity index (χ3n) is 2.43. The summed E-state index contributed by atoms with van der Waals surface area (Å²) in [6, 6.07) is 5.96. The van der Waals surface area contributed by atoms with E-state index in [-0.39, 0.29) is 23.7 Å². The van der Waals surface area contributed by atoms with Crippen molar-refractivity contribution < 1.29 is 9.60 Å². The molecule has 0 radical (unpaired) electrons. The summed E-state index contributed by atoms with van der Waals surface area (Å²) in [5, 5.41) is 14.5. The molecule has 1 aromatic carbocycles. The van der Waals surface area contributed by atoms with Gasteiger partial charge in [-0.15, -0.1) is 0 Å². The second kappa shape index (κ2) is 5.46. The highest BCUT2D eigenvalue weighted by Gasteiger charge is 2.12. The summed E-state index contributed by atoms with van der Waals surface area (Å²) in [7, 11) is 0. The standard InChI is InChI=1S/C11H16FN3O/c1-7(14-8(2)11(13)15-16)9-3-5-10(12)6-4-9/h3-8,14,16H,1-2H3,(H2,13,15). The van der Waals surface area contributed by atoms with Crippen LogP contribution in [0.3, 0.4) is 0 Å². The summed E-state index contributed by atoms with van der Waals surface area (Å²) < 4.78 is 12.7. The molecule has 0 heterocycles. The zero-order chi connectivity index (χ0) is 12.1. The maximum absolute atomic E-state index is 12.7. The van der Waals surface area contributed by atoms with Crippen molar-refractivity contribution >= 4 is 5.84 Å². The molecule has 0 spiro atoms. The predicted octanol–water partition coefficient (Wildman–Crippen LogP) is 1.61. The third kappa shape index (κ3) is 3.20. The molecule has 2 atom stereocenters. The van der Waals surface area contributed by atoms with Crippen LogP contribution < -0.4 is 11.1 Å². The Labute approximate surface area is 94.0 Å². The van der Waals surface area contributed by atoms with Gasteiger partial charge in [0.05, 0.1) is 6.04 Å². The van der Waals surface area contributed by atoms with Crippen LogP contribution in [0.5, 0.6) is 0 Å². The number of oxime groups is 1. The van der Waals surface area contributed by atoms with Crippen molar-refractivity contribution in [3.05, 3.63) is 35.6 Å². The monoisotopic (exact) mass is 225 g/mol. The molecule has 0 aliphatic rings. The van der Waals surface area contributed by atoms with Crippen molar-refractivity contribution in [2.24, 2.45) is 10.9 Å². The molecule has 1 aromatic rings. The summed E-state index contributed by atoms with van der Waals surface area (Å²) in [5.74, 6) is -0.144. The number of nitrogens with zero attached hydrogens (tertiary/aromatic N) is 1. The van der Waals surface area contributed by atoms with E-state index in [0.717, 1.165) is 5.56 Å². The van der Waals surface area contributed by atoms with Gasteiger partial charge in [-0.2, -0.15) is 0 Å². The molecular weight excluding hydrogens is 209 g/mol. The number of nitrogens with one attached hydrogen (secondary N) is 1. The molecule has 0 saturated heterocycles. The van der Waals surface area contributed by atoms with Crippen LogP contribution in [0.2, 0.25) is 0 Å². The van der Waals surface area contributed by atoms with Crippen molar-refractivity contribution in [3.63, 3.8) is 0 Å². The van der Waals surface area contributed by atoms with Crippen molar-refractivity contribution in [2.75, 3.05) is 0 Å². The molecule has 2 unspecified atom stereocenters. The van der Waals surface area contributed by atoms with Gasteiger partial charge in [0, 0.05) is 6.04 Å². The lowest BCUT2D eigenvalue weighted by atomic mass is 10.1. The molecule has 0 aromatic heterocycles. The third-order valence-corrected chi connectivity index (χ3v) is 2.43. The Bertz CT molecular complexity index is 364. The van der Waals surface area contributed by atoms with Crippen LogP contribution >= 0.6 is 0 Å². The minimum Gasteiger partial charge on any atom is -0.409 e. The first-order valence-electron chi connectivity index (χ1n) is 5.03. The Morgan fingerprint density at radius 3 is 2.44 bits per heavy atom. The Kier molecular flexibility index (Phi) is 4.25. The number of nitrogens with two attached hydrogens (primary N) is 1. The Hall–Kier alpha value is -1.62. The van der Waals surface area contributed by atoms with Crippen molar-refractivity contribution in [3.8, 4) is 0 Å². The Morgan fingerprint density at radius 2 is 1.94 bits per heavy atom. The maximum Gasteiger partial charge on any atom is 0.156 e. The summed E-state index contributed by atoms with van der Waals surface area (Å²) in [5.41, 5.74) is 6.39. The lowest BCUT2D eigenvalue weighted by Gasteiger charge is -2.19. The van der Waals surface area contributed by atoms with E-state index in [9.17, 15) is 4.39 Å². The largest absolute Gasteiger partial charge is 0.409 e. The van der Waals surface area contributed by atoms with E-state index < -0.39 is 0 Å². The molecule has 0 bridgehead atoms. The fourth-order valence-electron chi connectivity index (χ4n) is 1.39. The van der Waals surface area contributed by atoms with Crippen LogP contribution in [0.15, 0.2) is 29.4 Å². The summed E-state index contributed by atoms with van der Waals surface area (Å²) in [6.07, 6.45) is 0. The number of halogens is 1. The fraction of sp³-hybridized carbons (Fsp3) is 0.364.